The van der Waals surface area contributed by atoms with Gasteiger partial charge in [0.05, 0.1) is 22.0 Å². The first-order valence-corrected chi connectivity index (χ1v) is 6.59. The third kappa shape index (κ3) is 3.93. The molecule has 6 heteroatoms. The van der Waals surface area contributed by atoms with Gasteiger partial charge in [-0.3, -0.25) is 4.79 Å². The molecule has 1 unspecified atom stereocenters. The SMILES string of the molecule is COCC(Br)CN(C)C(=O)c1c(F)cccc1Cl. The van der Waals surface area contributed by atoms with E-state index in [0.29, 0.717) is 13.2 Å². The zero-order chi connectivity index (χ0) is 13.7. The van der Waals surface area contributed by atoms with Crippen molar-refractivity contribution >= 4 is 33.4 Å². The lowest BCUT2D eigenvalue weighted by molar-refractivity contribution is 0.0780. The molecule has 0 aliphatic heterocycles. The average molecular weight is 339 g/mol. The summed E-state index contributed by atoms with van der Waals surface area (Å²) in [5, 5.41) is 0.115. The molecule has 0 spiro atoms. The lowest BCUT2D eigenvalue weighted by Gasteiger charge is -2.21. The fourth-order valence-corrected chi connectivity index (χ4v) is 2.45. The standard InChI is InChI=1S/C12H14BrClFNO2/c1-16(6-8(13)7-18-2)12(17)11-9(14)4-3-5-10(11)15/h3-5,8H,6-7H2,1-2H3. The van der Waals surface area contributed by atoms with E-state index in [-0.39, 0.29) is 15.4 Å². The molecular formula is C12H14BrClFNO2. The Hall–Kier alpha value is -0.650. The fourth-order valence-electron chi connectivity index (χ4n) is 1.51. The van der Waals surface area contributed by atoms with Crippen LogP contribution in [0.25, 0.3) is 0 Å². The Kier molecular flexibility index (Phi) is 6.05. The molecule has 0 heterocycles. The number of alkyl halides is 1. The molecule has 0 aliphatic rings. The van der Waals surface area contributed by atoms with Gasteiger partial charge in [0.1, 0.15) is 5.82 Å². The second kappa shape index (κ2) is 7.07. The highest BCUT2D eigenvalue weighted by atomic mass is 79.9. The van der Waals surface area contributed by atoms with Gasteiger partial charge in [0, 0.05) is 20.7 Å². The first kappa shape index (κ1) is 15.4. The van der Waals surface area contributed by atoms with Crippen LogP contribution in [0.1, 0.15) is 10.4 Å². The Bertz CT molecular complexity index is 410. The highest BCUT2D eigenvalue weighted by molar-refractivity contribution is 9.09. The average Bonchev–Trinajstić information content (AvgIpc) is 2.28. The van der Waals surface area contributed by atoms with Crippen LogP contribution in [0.5, 0.6) is 0 Å². The second-order valence-corrected chi connectivity index (χ2v) is 5.54. The summed E-state index contributed by atoms with van der Waals surface area (Å²) in [6.45, 7) is 0.861. The minimum absolute atomic E-state index is 0.0120. The summed E-state index contributed by atoms with van der Waals surface area (Å²) in [6.07, 6.45) is 0. The zero-order valence-corrected chi connectivity index (χ0v) is 12.5. The van der Waals surface area contributed by atoms with Crippen molar-refractivity contribution < 1.29 is 13.9 Å². The molecule has 0 N–H and O–H groups in total. The van der Waals surface area contributed by atoms with E-state index in [9.17, 15) is 9.18 Å². The van der Waals surface area contributed by atoms with E-state index in [0.717, 1.165) is 0 Å². The van der Waals surface area contributed by atoms with Crippen molar-refractivity contribution in [2.75, 3.05) is 27.3 Å². The number of methoxy groups -OCH3 is 1. The van der Waals surface area contributed by atoms with Gasteiger partial charge in [0.25, 0.3) is 5.91 Å². The van der Waals surface area contributed by atoms with Gasteiger partial charge in [0.15, 0.2) is 0 Å². The molecule has 1 aromatic carbocycles. The maximum Gasteiger partial charge on any atom is 0.258 e. The molecule has 1 amide bonds. The zero-order valence-electron chi connectivity index (χ0n) is 10.1. The van der Waals surface area contributed by atoms with Crippen molar-refractivity contribution in [1.82, 2.24) is 4.90 Å². The van der Waals surface area contributed by atoms with Gasteiger partial charge in [-0.2, -0.15) is 0 Å². The van der Waals surface area contributed by atoms with E-state index >= 15 is 0 Å². The number of carbonyl (C=O) groups excluding carboxylic acids is 1. The van der Waals surface area contributed by atoms with Gasteiger partial charge < -0.3 is 9.64 Å². The predicted octanol–water partition coefficient (Wildman–Crippen LogP) is 2.96. The van der Waals surface area contributed by atoms with E-state index in [1.54, 1.807) is 14.2 Å². The number of rotatable bonds is 5. The maximum absolute atomic E-state index is 13.6. The Morgan fingerprint density at radius 3 is 2.83 bits per heavy atom. The van der Waals surface area contributed by atoms with Gasteiger partial charge in [-0.1, -0.05) is 33.6 Å². The van der Waals surface area contributed by atoms with Crippen molar-refractivity contribution in [2.45, 2.75) is 4.83 Å². The maximum atomic E-state index is 13.6. The van der Waals surface area contributed by atoms with Crippen LogP contribution in [0.4, 0.5) is 4.39 Å². The quantitative estimate of drug-likeness (QED) is 0.773. The molecule has 3 nitrogen and oxygen atoms in total. The Morgan fingerprint density at radius 1 is 1.61 bits per heavy atom. The molecule has 1 atom stereocenters. The van der Waals surface area contributed by atoms with Crippen LogP contribution in [0.2, 0.25) is 5.02 Å². The Balaban J connectivity index is 2.81. The number of hydrogen-bond acceptors (Lipinski definition) is 2. The summed E-state index contributed by atoms with van der Waals surface area (Å²) in [5.41, 5.74) is -0.0983. The minimum Gasteiger partial charge on any atom is -0.383 e. The number of halogens is 3. The van der Waals surface area contributed by atoms with Gasteiger partial charge in [-0.05, 0) is 12.1 Å². The first-order valence-electron chi connectivity index (χ1n) is 5.29. The number of hydrogen-bond donors (Lipinski definition) is 0. The van der Waals surface area contributed by atoms with Crippen molar-refractivity contribution in [3.63, 3.8) is 0 Å². The second-order valence-electron chi connectivity index (χ2n) is 3.83. The third-order valence-electron chi connectivity index (χ3n) is 2.34. The molecule has 0 radical (unpaired) electrons. The summed E-state index contributed by atoms with van der Waals surface area (Å²) in [7, 11) is 3.17. The van der Waals surface area contributed by atoms with Gasteiger partial charge in [-0.15, -0.1) is 0 Å². The molecule has 0 saturated carbocycles. The minimum atomic E-state index is -0.614. The molecule has 0 aliphatic carbocycles. The monoisotopic (exact) mass is 337 g/mol. The van der Waals surface area contributed by atoms with E-state index in [4.69, 9.17) is 16.3 Å². The largest absolute Gasteiger partial charge is 0.383 e. The molecule has 18 heavy (non-hydrogen) atoms. The summed E-state index contributed by atoms with van der Waals surface area (Å²) in [6, 6.07) is 4.17. The molecule has 0 aromatic heterocycles. The van der Waals surface area contributed by atoms with E-state index in [1.165, 1.54) is 23.1 Å². The van der Waals surface area contributed by atoms with Crippen LogP contribution in [0.3, 0.4) is 0 Å². The molecule has 0 fully saturated rings. The first-order chi connectivity index (χ1) is 8.47. The van der Waals surface area contributed by atoms with Crippen molar-refractivity contribution in [3.8, 4) is 0 Å². The summed E-state index contributed by atoms with van der Waals surface area (Å²) in [5.74, 6) is -1.06. The van der Waals surface area contributed by atoms with Crippen molar-refractivity contribution in [1.29, 1.82) is 0 Å². The summed E-state index contributed by atoms with van der Waals surface area (Å²) in [4.78, 5) is 13.5. The lowest BCUT2D eigenvalue weighted by Crippen LogP contribution is -2.34. The molecule has 100 valence electrons. The normalized spacial score (nSPS) is 12.3. The number of amides is 1. The van der Waals surface area contributed by atoms with Crippen LogP contribution >= 0.6 is 27.5 Å². The highest BCUT2D eigenvalue weighted by Crippen LogP contribution is 2.20. The summed E-state index contributed by atoms with van der Waals surface area (Å²) >= 11 is 9.21. The molecule has 1 aromatic rings. The van der Waals surface area contributed by atoms with Crippen LogP contribution in [0.15, 0.2) is 18.2 Å². The number of ether oxygens (including phenoxy) is 1. The van der Waals surface area contributed by atoms with Crippen molar-refractivity contribution in [2.24, 2.45) is 0 Å². The number of nitrogens with zero attached hydrogens (tertiary/aromatic N) is 1. The number of carbonyl (C=O) groups is 1. The van der Waals surface area contributed by atoms with Gasteiger partial charge in [-0.25, -0.2) is 4.39 Å². The lowest BCUT2D eigenvalue weighted by atomic mass is 10.2. The van der Waals surface area contributed by atoms with Crippen molar-refractivity contribution in [3.05, 3.63) is 34.6 Å². The Labute approximate surface area is 119 Å². The molecule has 0 saturated heterocycles. The summed E-state index contributed by atoms with van der Waals surface area (Å²) < 4.78 is 18.5. The Morgan fingerprint density at radius 2 is 2.28 bits per heavy atom. The molecule has 0 bridgehead atoms. The number of benzene rings is 1. The highest BCUT2D eigenvalue weighted by Gasteiger charge is 2.21. The van der Waals surface area contributed by atoms with Crippen LogP contribution in [-0.2, 0) is 4.74 Å². The smallest absolute Gasteiger partial charge is 0.258 e. The fraction of sp³-hybridized carbons (Fsp3) is 0.417. The van der Waals surface area contributed by atoms with Gasteiger partial charge in [0.2, 0.25) is 0 Å². The van der Waals surface area contributed by atoms with Crippen LogP contribution < -0.4 is 0 Å². The van der Waals surface area contributed by atoms with E-state index < -0.39 is 11.7 Å². The van der Waals surface area contributed by atoms with E-state index in [2.05, 4.69) is 15.9 Å². The molecular weight excluding hydrogens is 324 g/mol. The third-order valence-corrected chi connectivity index (χ3v) is 3.21. The molecule has 1 rings (SSSR count). The topological polar surface area (TPSA) is 29.5 Å². The van der Waals surface area contributed by atoms with E-state index in [1.807, 2.05) is 0 Å². The van der Waals surface area contributed by atoms with Crippen LogP contribution in [0, 0.1) is 5.82 Å². The van der Waals surface area contributed by atoms with Crippen LogP contribution in [-0.4, -0.2) is 42.9 Å². The van der Waals surface area contributed by atoms with Gasteiger partial charge >= 0.3 is 0 Å². The predicted molar refractivity (Wildman–Crippen MR) is 73.0 cm³/mol.